The fourth-order valence-electron chi connectivity index (χ4n) is 7.17. The zero-order chi connectivity index (χ0) is 33.6. The highest BCUT2D eigenvalue weighted by molar-refractivity contribution is 5.97. The molecule has 4 aromatic carbocycles. The van der Waals surface area contributed by atoms with E-state index in [9.17, 15) is 10.2 Å². The van der Waals surface area contributed by atoms with Gasteiger partial charge < -0.3 is 20.2 Å². The Kier molecular flexibility index (Phi) is 7.31. The molecular weight excluding hydrogens is 617 g/mol. The number of benzene rings is 4. The van der Waals surface area contributed by atoms with Crippen molar-refractivity contribution in [3.63, 3.8) is 0 Å². The van der Waals surface area contributed by atoms with Crippen molar-refractivity contribution in [3.8, 4) is 44.5 Å². The van der Waals surface area contributed by atoms with E-state index < -0.39 is 12.2 Å². The van der Waals surface area contributed by atoms with Crippen molar-refractivity contribution in [2.24, 2.45) is 0 Å². The Morgan fingerprint density at radius 2 is 0.660 bits per heavy atom. The molecule has 6 nitrogen and oxygen atoms in total. The van der Waals surface area contributed by atoms with E-state index in [1.165, 1.54) is 0 Å². The summed E-state index contributed by atoms with van der Waals surface area (Å²) in [4.78, 5) is 17.8. The van der Waals surface area contributed by atoms with Gasteiger partial charge in [-0.1, -0.05) is 121 Å². The molecule has 0 aliphatic carbocycles. The summed E-state index contributed by atoms with van der Waals surface area (Å²) in [6, 6.07) is 48.4. The average Bonchev–Trinajstić information content (AvgIpc) is 3.99. The molecule has 8 bridgehead atoms. The first kappa shape index (κ1) is 29.8. The van der Waals surface area contributed by atoms with Gasteiger partial charge in [0, 0.05) is 44.3 Å². The van der Waals surface area contributed by atoms with Gasteiger partial charge in [-0.05, 0) is 58.7 Å². The van der Waals surface area contributed by atoms with Gasteiger partial charge in [-0.2, -0.15) is 0 Å². The lowest BCUT2D eigenvalue weighted by Crippen LogP contribution is -2.05. The Bertz CT molecular complexity index is 2380. The minimum Gasteiger partial charge on any atom is -0.384 e. The van der Waals surface area contributed by atoms with E-state index in [1.807, 2.05) is 109 Å². The molecule has 2 aliphatic rings. The number of nitrogens with zero attached hydrogens (tertiary/aromatic N) is 2. The van der Waals surface area contributed by atoms with Crippen molar-refractivity contribution >= 4 is 34.2 Å². The number of aromatic nitrogens is 4. The molecule has 6 heteroatoms. The van der Waals surface area contributed by atoms with Crippen LogP contribution in [0, 0.1) is 0 Å². The lowest BCUT2D eigenvalue weighted by Gasteiger charge is -2.13. The predicted molar refractivity (Wildman–Crippen MR) is 202 cm³/mol. The summed E-state index contributed by atoms with van der Waals surface area (Å²) < 4.78 is 0. The first-order valence-electron chi connectivity index (χ1n) is 16.7. The molecule has 2 aliphatic heterocycles. The van der Waals surface area contributed by atoms with Crippen LogP contribution in [-0.4, -0.2) is 30.1 Å². The van der Waals surface area contributed by atoms with E-state index in [4.69, 9.17) is 9.97 Å². The number of aromatic amines is 2. The molecule has 9 rings (SSSR count). The molecule has 2 atom stereocenters. The number of rotatable bonds is 4. The van der Waals surface area contributed by atoms with Gasteiger partial charge in [-0.15, -0.1) is 0 Å². The van der Waals surface area contributed by atoms with Crippen molar-refractivity contribution < 1.29 is 10.2 Å². The number of nitrogens with one attached hydrogen (secondary N) is 2. The monoisotopic (exact) mass is 648 g/mol. The van der Waals surface area contributed by atoms with Crippen LogP contribution in [0.5, 0.6) is 0 Å². The summed E-state index contributed by atoms with van der Waals surface area (Å²) in [6.07, 6.45) is 1.63. The minimum absolute atomic E-state index is 0.394. The summed E-state index contributed by atoms with van der Waals surface area (Å²) in [5.74, 6) is 0. The van der Waals surface area contributed by atoms with E-state index in [-0.39, 0.29) is 0 Å². The second kappa shape index (κ2) is 12.3. The van der Waals surface area contributed by atoms with Gasteiger partial charge in [-0.3, -0.25) is 4.98 Å². The molecule has 0 unspecified atom stereocenters. The Morgan fingerprint density at radius 1 is 0.360 bits per heavy atom. The van der Waals surface area contributed by atoms with E-state index in [2.05, 4.69) is 58.5 Å². The zero-order valence-electron chi connectivity index (χ0n) is 27.0. The second-order valence-corrected chi connectivity index (χ2v) is 12.5. The Hall–Kier alpha value is -6.34. The van der Waals surface area contributed by atoms with Crippen molar-refractivity contribution in [2.45, 2.75) is 12.2 Å². The topological polar surface area (TPSA) is 97.8 Å². The number of hydrogen-bond donors (Lipinski definition) is 4. The maximum atomic E-state index is 11.8. The van der Waals surface area contributed by atoms with Crippen molar-refractivity contribution in [1.29, 1.82) is 0 Å². The SMILES string of the molecule is O[C@@H]1c2nc(c(-c3ccccc3)c3ccc([nH]3)c(-c3ccccc3)c3nc(c(-c4ccccc4)c4ccc([nH]4)c2-c2ccccc2)C=C3)[C@@H]1O. The van der Waals surface area contributed by atoms with E-state index in [0.717, 1.165) is 66.8 Å². The Balaban J connectivity index is 1.51. The van der Waals surface area contributed by atoms with Gasteiger partial charge in [-0.25, -0.2) is 4.98 Å². The number of aliphatic hydroxyl groups excluding tert-OH is 2. The number of hydrogen-bond acceptors (Lipinski definition) is 4. The first-order chi connectivity index (χ1) is 24.6. The number of aliphatic hydroxyl groups is 2. The van der Waals surface area contributed by atoms with Crippen LogP contribution in [0.3, 0.4) is 0 Å². The zero-order valence-corrected chi connectivity index (χ0v) is 27.0. The van der Waals surface area contributed by atoms with Gasteiger partial charge in [0.15, 0.2) is 0 Å². The highest BCUT2D eigenvalue weighted by Gasteiger charge is 2.34. The third kappa shape index (κ3) is 5.06. The summed E-state index contributed by atoms with van der Waals surface area (Å²) in [5.41, 5.74) is 12.8. The number of fused-ring (bicyclic) bond motifs is 8. The van der Waals surface area contributed by atoms with Crippen molar-refractivity contribution in [3.05, 3.63) is 168 Å². The fraction of sp³-hybridized carbons (Fsp3) is 0.0455. The van der Waals surface area contributed by atoms with Gasteiger partial charge in [0.05, 0.1) is 22.8 Å². The molecule has 0 fully saturated rings. The van der Waals surface area contributed by atoms with Crippen LogP contribution in [0.25, 0.3) is 78.7 Å². The van der Waals surface area contributed by atoms with Gasteiger partial charge in [0.1, 0.15) is 12.2 Å². The lowest BCUT2D eigenvalue weighted by molar-refractivity contribution is 0.0260. The van der Waals surface area contributed by atoms with Crippen LogP contribution >= 0.6 is 0 Å². The molecule has 0 saturated heterocycles. The summed E-state index contributed by atoms with van der Waals surface area (Å²) in [5, 5.41) is 23.7. The summed E-state index contributed by atoms with van der Waals surface area (Å²) in [6.45, 7) is 0. The molecule has 4 N–H and O–H groups in total. The molecule has 0 amide bonds. The molecule has 0 saturated carbocycles. The second-order valence-electron chi connectivity index (χ2n) is 12.5. The van der Waals surface area contributed by atoms with Crippen molar-refractivity contribution in [2.75, 3.05) is 0 Å². The Morgan fingerprint density at radius 3 is 1.00 bits per heavy atom. The van der Waals surface area contributed by atoms with Crippen LogP contribution < -0.4 is 0 Å². The van der Waals surface area contributed by atoms with Crippen LogP contribution in [0.1, 0.15) is 35.0 Å². The third-order valence-electron chi connectivity index (χ3n) is 9.46. The predicted octanol–water partition coefficient (Wildman–Crippen LogP) is 9.92. The quantitative estimate of drug-likeness (QED) is 0.153. The standard InChI is InChI=1S/C44H32N4O2/c49-43-41-39(29-17-9-3-10-18-29)35-25-23-33(46-35)37(27-13-5-1-6-14-27)31-21-22-32(45-31)38(28-15-7-2-8-16-28)34-24-26-36(47-34)40(42(48-41)44(43)50)30-19-11-4-12-20-30/h1-26,43-44,46-47,49-50H/t43-,44+. The third-order valence-corrected chi connectivity index (χ3v) is 9.46. The number of H-pyrrole nitrogens is 2. The molecule has 0 radical (unpaired) electrons. The molecule has 3 aromatic heterocycles. The fourth-order valence-corrected chi connectivity index (χ4v) is 7.17. The molecule has 0 spiro atoms. The van der Waals surface area contributed by atoms with Crippen LogP contribution in [0.15, 0.2) is 146 Å². The summed E-state index contributed by atoms with van der Waals surface area (Å²) in [7, 11) is 0. The first-order valence-corrected chi connectivity index (χ1v) is 16.7. The van der Waals surface area contributed by atoms with Crippen molar-refractivity contribution in [1.82, 2.24) is 19.9 Å². The van der Waals surface area contributed by atoms with Gasteiger partial charge in [0.2, 0.25) is 0 Å². The molecular formula is C44H32N4O2. The van der Waals surface area contributed by atoms with Gasteiger partial charge in [0.25, 0.3) is 0 Å². The maximum Gasteiger partial charge on any atom is 0.128 e. The molecule has 5 heterocycles. The molecule has 50 heavy (non-hydrogen) atoms. The van der Waals surface area contributed by atoms with E-state index in [0.29, 0.717) is 22.5 Å². The molecule has 7 aromatic rings. The van der Waals surface area contributed by atoms with Crippen LogP contribution in [0.2, 0.25) is 0 Å². The summed E-state index contributed by atoms with van der Waals surface area (Å²) >= 11 is 0. The van der Waals surface area contributed by atoms with E-state index >= 15 is 0 Å². The highest BCUT2D eigenvalue weighted by atomic mass is 16.3. The Labute approximate surface area is 288 Å². The van der Waals surface area contributed by atoms with E-state index in [1.54, 1.807) is 0 Å². The largest absolute Gasteiger partial charge is 0.384 e. The molecule has 240 valence electrons. The van der Waals surface area contributed by atoms with Crippen LogP contribution in [-0.2, 0) is 0 Å². The minimum atomic E-state index is -1.27. The average molecular weight is 649 g/mol. The van der Waals surface area contributed by atoms with Gasteiger partial charge >= 0.3 is 0 Å². The smallest absolute Gasteiger partial charge is 0.128 e. The highest BCUT2D eigenvalue weighted by Crippen LogP contribution is 2.44. The van der Waals surface area contributed by atoms with Crippen LogP contribution in [0.4, 0.5) is 0 Å². The maximum absolute atomic E-state index is 11.8. The normalized spacial score (nSPS) is 15.3. The lowest BCUT2D eigenvalue weighted by atomic mass is 9.97.